The van der Waals surface area contributed by atoms with E-state index in [9.17, 15) is 15.0 Å². The lowest BCUT2D eigenvalue weighted by Gasteiger charge is -2.22. The Morgan fingerprint density at radius 3 is 1.20 bits per heavy atom. The number of hydrogen-bond acceptors (Lipinski definition) is 3. The van der Waals surface area contributed by atoms with Crippen LogP contribution in [-0.2, 0) is 4.79 Å². The van der Waals surface area contributed by atoms with Gasteiger partial charge in [0.1, 0.15) is 0 Å². The minimum Gasteiger partial charge on any atom is -0.394 e. The zero-order chi connectivity index (χ0) is 40.0. The van der Waals surface area contributed by atoms with Crippen molar-refractivity contribution in [2.45, 2.75) is 238 Å². The molecule has 4 nitrogen and oxygen atoms in total. The number of aliphatic hydroxyl groups excluding tert-OH is 2. The van der Waals surface area contributed by atoms with Crippen molar-refractivity contribution in [3.05, 3.63) is 72.9 Å². The molecule has 0 spiro atoms. The van der Waals surface area contributed by atoms with Gasteiger partial charge in [-0.3, -0.25) is 4.79 Å². The molecule has 0 aliphatic carbocycles. The number of unbranched alkanes of at least 4 members (excludes halogenated alkanes) is 23. The Kier molecular flexibility index (Phi) is 44.4. The summed E-state index contributed by atoms with van der Waals surface area (Å²) in [6.45, 7) is 4.24. The van der Waals surface area contributed by atoms with E-state index in [0.29, 0.717) is 12.8 Å². The van der Waals surface area contributed by atoms with Gasteiger partial charge in [0.05, 0.1) is 18.8 Å². The first kappa shape index (κ1) is 52.8. The van der Waals surface area contributed by atoms with Crippen molar-refractivity contribution in [1.29, 1.82) is 0 Å². The van der Waals surface area contributed by atoms with Crippen molar-refractivity contribution >= 4 is 5.91 Å². The predicted molar refractivity (Wildman–Crippen MR) is 244 cm³/mol. The normalized spacial score (nSPS) is 13.6. The first-order chi connectivity index (χ1) is 27.2. The second kappa shape index (κ2) is 46.2. The quantitative estimate of drug-likeness (QED) is 0.0428. The van der Waals surface area contributed by atoms with Gasteiger partial charge in [-0.2, -0.15) is 0 Å². The molecule has 0 aliphatic rings. The highest BCUT2D eigenvalue weighted by atomic mass is 16.3. The van der Waals surface area contributed by atoms with E-state index in [2.05, 4.69) is 92.1 Å². The van der Waals surface area contributed by atoms with Crippen molar-refractivity contribution in [2.24, 2.45) is 0 Å². The van der Waals surface area contributed by atoms with Crippen LogP contribution in [0.2, 0.25) is 0 Å². The van der Waals surface area contributed by atoms with Gasteiger partial charge in [-0.15, -0.1) is 0 Å². The first-order valence-corrected chi connectivity index (χ1v) is 23.6. The Labute approximate surface area is 342 Å². The Balaban J connectivity index is 3.59. The zero-order valence-electron chi connectivity index (χ0n) is 36.4. The van der Waals surface area contributed by atoms with Gasteiger partial charge in [-0.25, -0.2) is 0 Å². The van der Waals surface area contributed by atoms with Crippen LogP contribution in [0.3, 0.4) is 0 Å². The molecular weight excluding hydrogens is 675 g/mol. The molecule has 0 saturated heterocycles. The van der Waals surface area contributed by atoms with E-state index in [1.807, 2.05) is 0 Å². The number of allylic oxidation sites excluding steroid dienone is 12. The molecule has 0 aliphatic heterocycles. The van der Waals surface area contributed by atoms with E-state index in [1.165, 1.54) is 122 Å². The number of carbonyl (C=O) groups is 1. The van der Waals surface area contributed by atoms with Crippen molar-refractivity contribution in [1.82, 2.24) is 5.32 Å². The van der Waals surface area contributed by atoms with E-state index in [4.69, 9.17) is 0 Å². The third kappa shape index (κ3) is 42.8. The van der Waals surface area contributed by atoms with Crippen LogP contribution in [0.4, 0.5) is 0 Å². The van der Waals surface area contributed by atoms with Crippen LogP contribution in [-0.4, -0.2) is 34.9 Å². The third-order valence-corrected chi connectivity index (χ3v) is 10.5. The summed E-state index contributed by atoms with van der Waals surface area (Å²) in [5.74, 6) is -0.0476. The van der Waals surface area contributed by atoms with Crippen LogP contribution in [0, 0.1) is 0 Å². The van der Waals surface area contributed by atoms with Gasteiger partial charge in [-0.1, -0.05) is 228 Å². The molecule has 0 heterocycles. The highest BCUT2D eigenvalue weighted by Crippen LogP contribution is 2.16. The van der Waals surface area contributed by atoms with Crippen molar-refractivity contribution < 1.29 is 15.0 Å². The molecule has 0 radical (unpaired) electrons. The molecule has 0 aromatic heterocycles. The Morgan fingerprint density at radius 1 is 0.455 bits per heavy atom. The molecule has 0 rings (SSSR count). The number of amides is 1. The van der Waals surface area contributed by atoms with Crippen molar-refractivity contribution in [3.8, 4) is 0 Å². The molecule has 55 heavy (non-hydrogen) atoms. The van der Waals surface area contributed by atoms with Crippen LogP contribution in [0.15, 0.2) is 72.9 Å². The molecular formula is C51H91NO3. The molecule has 3 N–H and O–H groups in total. The lowest BCUT2D eigenvalue weighted by Crippen LogP contribution is -2.45. The summed E-state index contributed by atoms with van der Waals surface area (Å²) in [6, 6.07) is -0.549. The van der Waals surface area contributed by atoms with Gasteiger partial charge in [-0.05, 0) is 64.2 Å². The number of carbonyl (C=O) groups excluding carboxylic acids is 1. The summed E-state index contributed by atoms with van der Waals surface area (Å²) in [5.41, 5.74) is 0. The smallest absolute Gasteiger partial charge is 0.220 e. The average molecular weight is 766 g/mol. The predicted octanol–water partition coefficient (Wildman–Crippen LogP) is 15.1. The minimum absolute atomic E-state index is 0.0476. The topological polar surface area (TPSA) is 69.6 Å². The molecule has 4 heteroatoms. The molecule has 2 atom stereocenters. The number of aliphatic hydroxyl groups is 2. The second-order valence-electron chi connectivity index (χ2n) is 15.8. The fourth-order valence-electron chi connectivity index (χ4n) is 6.89. The van der Waals surface area contributed by atoms with Crippen LogP contribution >= 0.6 is 0 Å². The molecule has 0 bridgehead atoms. The Morgan fingerprint density at radius 2 is 0.800 bits per heavy atom. The second-order valence-corrected chi connectivity index (χ2v) is 15.8. The Bertz CT molecular complexity index is 961. The fourth-order valence-corrected chi connectivity index (χ4v) is 6.89. The summed E-state index contributed by atoms with van der Waals surface area (Å²) in [6.07, 6.45) is 65.5. The maximum Gasteiger partial charge on any atom is 0.220 e. The van der Waals surface area contributed by atoms with E-state index < -0.39 is 12.1 Å². The van der Waals surface area contributed by atoms with Crippen LogP contribution in [0.25, 0.3) is 0 Å². The molecule has 0 saturated carbocycles. The number of rotatable bonds is 42. The summed E-state index contributed by atoms with van der Waals surface area (Å²) in [4.78, 5) is 12.4. The number of nitrogens with one attached hydrogen (secondary N) is 1. The average Bonchev–Trinajstić information content (AvgIpc) is 3.19. The minimum atomic E-state index is -0.670. The van der Waals surface area contributed by atoms with E-state index in [0.717, 1.165) is 77.0 Å². The van der Waals surface area contributed by atoms with E-state index in [-0.39, 0.29) is 12.5 Å². The molecule has 318 valence electrons. The summed E-state index contributed by atoms with van der Waals surface area (Å²) >= 11 is 0. The van der Waals surface area contributed by atoms with E-state index in [1.54, 1.807) is 0 Å². The van der Waals surface area contributed by atoms with Gasteiger partial charge in [0.2, 0.25) is 5.91 Å². The van der Waals surface area contributed by atoms with Crippen LogP contribution < -0.4 is 5.32 Å². The highest BCUT2D eigenvalue weighted by Gasteiger charge is 2.20. The van der Waals surface area contributed by atoms with Gasteiger partial charge in [0.25, 0.3) is 0 Å². The first-order valence-electron chi connectivity index (χ1n) is 23.6. The lowest BCUT2D eigenvalue weighted by atomic mass is 10.0. The van der Waals surface area contributed by atoms with Crippen molar-refractivity contribution in [2.75, 3.05) is 6.61 Å². The van der Waals surface area contributed by atoms with Crippen LogP contribution in [0.5, 0.6) is 0 Å². The lowest BCUT2D eigenvalue weighted by molar-refractivity contribution is -0.123. The Hall–Kier alpha value is -2.17. The summed E-state index contributed by atoms with van der Waals surface area (Å²) < 4.78 is 0. The molecule has 1 amide bonds. The zero-order valence-corrected chi connectivity index (χ0v) is 36.4. The molecule has 0 aromatic rings. The highest BCUT2D eigenvalue weighted by molar-refractivity contribution is 5.76. The number of hydrogen-bond donors (Lipinski definition) is 3. The SMILES string of the molecule is CC/C=C\C/C=C\C/C=C\C/C=C\C/C=C\C/C=C\CCCCCCCCC(=O)NC(CO)C(O)CCCCCCCCCCCCCCCCCCCC. The van der Waals surface area contributed by atoms with Gasteiger partial charge in [0, 0.05) is 6.42 Å². The largest absolute Gasteiger partial charge is 0.394 e. The molecule has 2 unspecified atom stereocenters. The standard InChI is InChI=1S/C51H91NO3/c1-3-5-7-9-11-13-15-17-19-21-23-24-25-26-27-28-29-31-33-35-37-39-41-43-45-47-51(55)52-49(48-53)50(54)46-44-42-40-38-36-34-32-30-22-20-18-16-14-12-10-8-6-4-2/h5,7,11,13,17,19,23-24,26-27,29,31,49-50,53-54H,3-4,6,8-10,12,14-16,18,20-22,25,28,30,32-48H2,1-2H3,(H,52,55)/b7-5-,13-11-,19-17-,24-23-,27-26-,31-29-. The fraction of sp³-hybridized carbons (Fsp3) is 0.745. The maximum atomic E-state index is 12.4. The van der Waals surface area contributed by atoms with Gasteiger partial charge >= 0.3 is 0 Å². The maximum absolute atomic E-state index is 12.4. The summed E-state index contributed by atoms with van der Waals surface area (Å²) in [5, 5.41) is 23.2. The molecule has 0 fully saturated rings. The van der Waals surface area contributed by atoms with Crippen molar-refractivity contribution in [3.63, 3.8) is 0 Å². The third-order valence-electron chi connectivity index (χ3n) is 10.5. The molecule has 0 aromatic carbocycles. The van der Waals surface area contributed by atoms with Crippen LogP contribution in [0.1, 0.15) is 226 Å². The van der Waals surface area contributed by atoms with Gasteiger partial charge < -0.3 is 15.5 Å². The van der Waals surface area contributed by atoms with E-state index >= 15 is 0 Å². The monoisotopic (exact) mass is 766 g/mol. The van der Waals surface area contributed by atoms with Gasteiger partial charge in [0.15, 0.2) is 0 Å². The summed E-state index contributed by atoms with van der Waals surface area (Å²) in [7, 11) is 0.